The van der Waals surface area contributed by atoms with Gasteiger partial charge >= 0.3 is 6.18 Å². The fourth-order valence-corrected chi connectivity index (χ4v) is 1.81. The average molecular weight is 326 g/mol. The van der Waals surface area contributed by atoms with Crippen LogP contribution in [0.3, 0.4) is 0 Å². The summed E-state index contributed by atoms with van der Waals surface area (Å²) in [6, 6.07) is 3.88. The van der Waals surface area contributed by atoms with Gasteiger partial charge in [-0.05, 0) is 31.5 Å². The second kappa shape index (κ2) is 6.99. The van der Waals surface area contributed by atoms with Crippen molar-refractivity contribution in [2.75, 3.05) is 25.1 Å². The van der Waals surface area contributed by atoms with Crippen LogP contribution in [0.1, 0.15) is 18.9 Å². The standard InChI is InChI=1S/C12H15BrF3NO/c1-2-18-7-3-6-17-11-8-9(13)4-5-10(11)12(14,15)16/h4-5,8,17H,2-3,6-7H2,1H3. The molecule has 0 unspecified atom stereocenters. The molecule has 0 radical (unpaired) electrons. The molecule has 6 heteroatoms. The summed E-state index contributed by atoms with van der Waals surface area (Å²) in [7, 11) is 0. The third kappa shape index (κ3) is 4.86. The maximum Gasteiger partial charge on any atom is 0.418 e. The zero-order valence-corrected chi connectivity index (χ0v) is 11.6. The van der Waals surface area contributed by atoms with Gasteiger partial charge in [-0.3, -0.25) is 0 Å². The molecule has 0 amide bonds. The van der Waals surface area contributed by atoms with Crippen LogP contribution in [0.2, 0.25) is 0 Å². The SMILES string of the molecule is CCOCCCNc1cc(Br)ccc1C(F)(F)F. The van der Waals surface area contributed by atoms with E-state index in [1.54, 1.807) is 0 Å². The van der Waals surface area contributed by atoms with Crippen molar-refractivity contribution in [1.29, 1.82) is 0 Å². The van der Waals surface area contributed by atoms with Crippen LogP contribution in [-0.4, -0.2) is 19.8 Å². The molecule has 0 fully saturated rings. The molecule has 0 aliphatic heterocycles. The van der Waals surface area contributed by atoms with E-state index in [0.717, 1.165) is 6.07 Å². The molecule has 0 aromatic heterocycles. The van der Waals surface area contributed by atoms with Crippen molar-refractivity contribution in [3.05, 3.63) is 28.2 Å². The maximum atomic E-state index is 12.7. The van der Waals surface area contributed by atoms with Crippen molar-refractivity contribution >= 4 is 21.6 Å². The summed E-state index contributed by atoms with van der Waals surface area (Å²) in [5.74, 6) is 0. The molecule has 0 aliphatic rings. The molecule has 0 heterocycles. The second-order valence-electron chi connectivity index (χ2n) is 3.66. The minimum absolute atomic E-state index is 0.0911. The lowest BCUT2D eigenvalue weighted by Crippen LogP contribution is -2.12. The topological polar surface area (TPSA) is 21.3 Å². The number of anilines is 1. The number of alkyl halides is 3. The van der Waals surface area contributed by atoms with E-state index >= 15 is 0 Å². The van der Waals surface area contributed by atoms with Gasteiger partial charge in [0, 0.05) is 29.9 Å². The van der Waals surface area contributed by atoms with Crippen molar-refractivity contribution < 1.29 is 17.9 Å². The van der Waals surface area contributed by atoms with E-state index in [4.69, 9.17) is 4.74 Å². The molecular weight excluding hydrogens is 311 g/mol. The summed E-state index contributed by atoms with van der Waals surface area (Å²) in [6.07, 6.45) is -3.68. The highest BCUT2D eigenvalue weighted by atomic mass is 79.9. The summed E-state index contributed by atoms with van der Waals surface area (Å²) in [5, 5.41) is 2.79. The molecule has 102 valence electrons. The average Bonchev–Trinajstić information content (AvgIpc) is 2.27. The summed E-state index contributed by atoms with van der Waals surface area (Å²) in [4.78, 5) is 0. The fraction of sp³-hybridized carbons (Fsp3) is 0.500. The monoisotopic (exact) mass is 325 g/mol. The number of halogens is 4. The zero-order valence-electron chi connectivity index (χ0n) is 9.98. The number of benzene rings is 1. The highest BCUT2D eigenvalue weighted by molar-refractivity contribution is 9.10. The van der Waals surface area contributed by atoms with Crippen molar-refractivity contribution in [3.63, 3.8) is 0 Å². The smallest absolute Gasteiger partial charge is 0.384 e. The van der Waals surface area contributed by atoms with Crippen LogP contribution >= 0.6 is 15.9 Å². The molecule has 0 bridgehead atoms. The van der Waals surface area contributed by atoms with Crippen molar-refractivity contribution in [3.8, 4) is 0 Å². The predicted octanol–water partition coefficient (Wildman–Crippen LogP) is 4.31. The second-order valence-corrected chi connectivity index (χ2v) is 4.58. The van der Waals surface area contributed by atoms with E-state index < -0.39 is 11.7 Å². The number of hydrogen-bond donors (Lipinski definition) is 1. The molecule has 18 heavy (non-hydrogen) atoms. The number of ether oxygens (including phenoxy) is 1. The Bertz CT molecular complexity index is 382. The van der Waals surface area contributed by atoms with Crippen LogP contribution in [0.5, 0.6) is 0 Å². The molecule has 1 N–H and O–H groups in total. The summed E-state index contributed by atoms with van der Waals surface area (Å²) >= 11 is 3.16. The van der Waals surface area contributed by atoms with Gasteiger partial charge in [0.1, 0.15) is 0 Å². The highest BCUT2D eigenvalue weighted by Crippen LogP contribution is 2.36. The molecule has 1 aromatic carbocycles. The Morgan fingerprint density at radius 1 is 1.33 bits per heavy atom. The third-order valence-electron chi connectivity index (χ3n) is 2.27. The van der Waals surface area contributed by atoms with E-state index in [0.29, 0.717) is 30.7 Å². The van der Waals surface area contributed by atoms with E-state index in [1.165, 1.54) is 12.1 Å². The van der Waals surface area contributed by atoms with E-state index in [-0.39, 0.29) is 5.69 Å². The molecule has 1 rings (SSSR count). The molecule has 0 spiro atoms. The lowest BCUT2D eigenvalue weighted by atomic mass is 10.1. The number of hydrogen-bond acceptors (Lipinski definition) is 2. The molecule has 0 saturated heterocycles. The highest BCUT2D eigenvalue weighted by Gasteiger charge is 2.33. The van der Waals surface area contributed by atoms with Crippen molar-refractivity contribution in [2.24, 2.45) is 0 Å². The van der Waals surface area contributed by atoms with Crippen LogP contribution in [0, 0.1) is 0 Å². The lowest BCUT2D eigenvalue weighted by molar-refractivity contribution is -0.136. The normalized spacial score (nSPS) is 11.6. The Hall–Kier alpha value is -0.750. The van der Waals surface area contributed by atoms with Crippen molar-refractivity contribution in [2.45, 2.75) is 19.5 Å². The molecule has 2 nitrogen and oxygen atoms in total. The van der Waals surface area contributed by atoms with Crippen LogP contribution in [0.25, 0.3) is 0 Å². The van der Waals surface area contributed by atoms with E-state index in [2.05, 4.69) is 21.2 Å². The van der Waals surface area contributed by atoms with Gasteiger partial charge in [-0.1, -0.05) is 15.9 Å². The Balaban J connectivity index is 2.65. The van der Waals surface area contributed by atoms with Gasteiger partial charge in [0.25, 0.3) is 0 Å². The Morgan fingerprint density at radius 3 is 2.67 bits per heavy atom. The van der Waals surface area contributed by atoms with E-state index in [1.807, 2.05) is 6.92 Å². The fourth-order valence-electron chi connectivity index (χ4n) is 1.45. The van der Waals surface area contributed by atoms with Gasteiger partial charge in [-0.25, -0.2) is 0 Å². The molecule has 0 atom stereocenters. The third-order valence-corrected chi connectivity index (χ3v) is 2.77. The Kier molecular flexibility index (Phi) is 5.95. The van der Waals surface area contributed by atoms with Crippen LogP contribution < -0.4 is 5.32 Å². The van der Waals surface area contributed by atoms with Gasteiger partial charge in [0.15, 0.2) is 0 Å². The van der Waals surface area contributed by atoms with Crippen LogP contribution in [0.4, 0.5) is 18.9 Å². The first-order valence-electron chi connectivity index (χ1n) is 5.63. The molecule has 0 aliphatic carbocycles. The van der Waals surface area contributed by atoms with E-state index in [9.17, 15) is 13.2 Å². The first-order valence-corrected chi connectivity index (χ1v) is 6.42. The van der Waals surface area contributed by atoms with Gasteiger partial charge in [-0.15, -0.1) is 0 Å². The number of rotatable bonds is 6. The van der Waals surface area contributed by atoms with Crippen LogP contribution in [-0.2, 0) is 10.9 Å². The summed E-state index contributed by atoms with van der Waals surface area (Å²) in [5.41, 5.74) is -0.560. The number of nitrogens with one attached hydrogen (secondary N) is 1. The summed E-state index contributed by atoms with van der Waals surface area (Å²) in [6.45, 7) is 3.48. The Morgan fingerprint density at radius 2 is 2.06 bits per heavy atom. The van der Waals surface area contributed by atoms with Crippen molar-refractivity contribution in [1.82, 2.24) is 0 Å². The zero-order chi connectivity index (χ0) is 13.6. The predicted molar refractivity (Wildman–Crippen MR) is 68.7 cm³/mol. The first-order chi connectivity index (χ1) is 8.45. The minimum atomic E-state index is -4.34. The summed E-state index contributed by atoms with van der Waals surface area (Å²) < 4.78 is 43.9. The van der Waals surface area contributed by atoms with Gasteiger partial charge in [0.05, 0.1) is 5.56 Å². The van der Waals surface area contributed by atoms with Gasteiger partial charge in [0.2, 0.25) is 0 Å². The minimum Gasteiger partial charge on any atom is -0.384 e. The van der Waals surface area contributed by atoms with Gasteiger partial charge < -0.3 is 10.1 Å². The lowest BCUT2D eigenvalue weighted by Gasteiger charge is -2.15. The molecule has 0 saturated carbocycles. The Labute approximate surface area is 113 Å². The van der Waals surface area contributed by atoms with Gasteiger partial charge in [-0.2, -0.15) is 13.2 Å². The first kappa shape index (κ1) is 15.3. The quantitative estimate of drug-likeness (QED) is 0.787. The molecule has 1 aromatic rings. The maximum absolute atomic E-state index is 12.7. The largest absolute Gasteiger partial charge is 0.418 e. The van der Waals surface area contributed by atoms with Crippen LogP contribution in [0.15, 0.2) is 22.7 Å². The molecular formula is C12H15BrF3NO.